The summed E-state index contributed by atoms with van der Waals surface area (Å²) in [5.74, 6) is -16.2. The number of aliphatic hydroxyl groups excluding tert-OH is 6. The number of anilines is 1. The number of carbonyl (C=O) groups is 9. The summed E-state index contributed by atoms with van der Waals surface area (Å²) < 4.78 is 46.2. The van der Waals surface area contributed by atoms with Crippen molar-refractivity contribution in [2.24, 2.45) is 11.7 Å². The predicted octanol–water partition coefficient (Wildman–Crippen LogP) is 2.25. The Morgan fingerprint density at radius 2 is 1.37 bits per heavy atom. The van der Waals surface area contributed by atoms with Crippen LogP contribution >= 0.6 is 46.4 Å². The van der Waals surface area contributed by atoms with E-state index in [1.165, 1.54) is 55.1 Å². The lowest BCUT2D eigenvalue weighted by Crippen LogP contribution is -2.65. The first-order valence-electron chi connectivity index (χ1n) is 41.8. The number of hydrogen-bond donors (Lipinski definition) is 20. The number of nitrogens with two attached hydrogens (primary N) is 1. The molecule has 7 aromatic rings. The number of rotatable bonds is 24. The van der Waals surface area contributed by atoms with Crippen molar-refractivity contribution in [1.29, 1.82) is 0 Å². The SMILES string of the molecule is CN[C@H](CC(C)C)C(=O)N[C@H]1C(=O)N[C@@H](CC(N)=O)C(=O)N[C@H]2C(=O)N[C@H]3C(=O)N[C@H](C(=O)N[C@@H](C(=O)NOCCN4CCOCC4)c4cc(O)cc(O)c4-c4cc3ccc4O)[C@H](O)c3ccc(c(Cl)c3)Oc3cc2cc(c3O[C@@H]2O[C@H](CO)[C@@H](O)[C@H](O)[C@H]2O[C@H]2C[C@](C)(NCCn3ccc(NC(=O)/C=C/c4ccc(Cl)c(Cl)c4)nc3=O)[C@H](O)[C@H](C)O2)Oc2ccc(cc2Cl)[C@H]1O. The first-order chi connectivity index (χ1) is 62.8. The number of benzene rings is 6. The fourth-order valence-electron chi connectivity index (χ4n) is 15.9. The van der Waals surface area contributed by atoms with Gasteiger partial charge in [-0.25, -0.2) is 10.3 Å². The molecule has 9 heterocycles. The van der Waals surface area contributed by atoms with Gasteiger partial charge in [-0.05, 0) is 145 Å². The predicted molar refractivity (Wildman–Crippen MR) is 469 cm³/mol. The van der Waals surface area contributed by atoms with Crippen LogP contribution in [-0.2, 0) is 73.5 Å². The van der Waals surface area contributed by atoms with Gasteiger partial charge in [0.15, 0.2) is 23.9 Å². The van der Waals surface area contributed by atoms with Gasteiger partial charge >= 0.3 is 5.69 Å². The van der Waals surface area contributed by atoms with E-state index in [0.717, 1.165) is 66.7 Å². The molecule has 18 atom stereocenters. The second-order valence-corrected chi connectivity index (χ2v) is 34.4. The van der Waals surface area contributed by atoms with E-state index in [0.29, 0.717) is 36.9 Å². The summed E-state index contributed by atoms with van der Waals surface area (Å²) in [7, 11) is 1.47. The fourth-order valence-corrected chi connectivity index (χ4v) is 16.7. The molecule has 8 aliphatic heterocycles. The largest absolute Gasteiger partial charge is 0.508 e. The number of hydrogen-bond acceptors (Lipinski definition) is 31. The van der Waals surface area contributed by atoms with Gasteiger partial charge in [-0.3, -0.25) is 57.5 Å². The summed E-state index contributed by atoms with van der Waals surface area (Å²) in [4.78, 5) is 159. The summed E-state index contributed by atoms with van der Waals surface area (Å²) in [6, 6.07) is 5.70. The van der Waals surface area contributed by atoms with Gasteiger partial charge in [0.1, 0.15) is 101 Å². The maximum atomic E-state index is 16.4. The maximum absolute atomic E-state index is 16.4. The molecule has 11 bridgehead atoms. The summed E-state index contributed by atoms with van der Waals surface area (Å²) in [6.07, 6.45) is -15.6. The number of fused-ring (bicyclic) bond motifs is 15. The minimum absolute atomic E-state index is 0.0466. The van der Waals surface area contributed by atoms with E-state index in [1.807, 2.05) is 18.7 Å². The van der Waals surface area contributed by atoms with Gasteiger partial charge in [-0.15, -0.1) is 0 Å². The van der Waals surface area contributed by atoms with Gasteiger partial charge in [-0.1, -0.05) is 84.5 Å². The number of phenols is 3. The number of aromatic hydroxyl groups is 3. The Hall–Kier alpha value is -11.4. The van der Waals surface area contributed by atoms with Crippen LogP contribution in [0.3, 0.4) is 0 Å². The van der Waals surface area contributed by atoms with Crippen LogP contribution in [-0.4, -0.2) is 252 Å². The molecule has 0 saturated carbocycles. The molecular formula is C87H98Cl4N14O27. The Bertz CT molecular complexity index is 5620. The van der Waals surface area contributed by atoms with Crippen molar-refractivity contribution in [2.45, 2.75) is 163 Å². The first kappa shape index (κ1) is 98.1. The average molecular weight is 1910 g/mol. The summed E-state index contributed by atoms with van der Waals surface area (Å²) in [5, 5.41) is 131. The third kappa shape index (κ3) is 22.9. The molecule has 9 amide bonds. The Kier molecular flexibility index (Phi) is 31.7. The van der Waals surface area contributed by atoms with Gasteiger partial charge in [-0.2, -0.15) is 4.98 Å². The number of hydroxylamine groups is 1. The number of likely N-dealkylation sites (N-methyl/N-ethyl adjacent to an activating group) is 1. The normalized spacial score (nSPS) is 26.1. The number of aliphatic hydroxyl groups is 6. The van der Waals surface area contributed by atoms with Crippen LogP contribution in [0.2, 0.25) is 20.1 Å². The van der Waals surface area contributed by atoms with E-state index in [-0.39, 0.29) is 78.3 Å². The molecule has 0 unspecified atom stereocenters. The number of amides is 9. The van der Waals surface area contributed by atoms with Crippen molar-refractivity contribution >= 4 is 111 Å². The molecular weight excluding hydrogens is 1810 g/mol. The Labute approximate surface area is 772 Å². The molecule has 6 aromatic carbocycles. The lowest BCUT2D eigenvalue weighted by atomic mass is 9.85. The fraction of sp³-hybridized carbons (Fsp3) is 0.414. The van der Waals surface area contributed by atoms with E-state index >= 15 is 24.0 Å². The molecule has 45 heteroatoms. The zero-order valence-electron chi connectivity index (χ0n) is 71.2. The number of halogens is 4. The zero-order chi connectivity index (χ0) is 95.0. The Morgan fingerprint density at radius 3 is 2.02 bits per heavy atom. The van der Waals surface area contributed by atoms with Crippen molar-refractivity contribution in [1.82, 2.24) is 62.5 Å². The van der Waals surface area contributed by atoms with Crippen LogP contribution < -0.4 is 79.0 Å². The molecule has 3 saturated heterocycles. The van der Waals surface area contributed by atoms with Crippen LogP contribution in [0.5, 0.6) is 46.0 Å². The van der Waals surface area contributed by atoms with Gasteiger partial charge in [0.2, 0.25) is 59.3 Å². The first-order valence-corrected chi connectivity index (χ1v) is 43.3. The molecule has 706 valence electrons. The second kappa shape index (κ2) is 42.6. The number of carbonyl (C=O) groups excluding carboxylic acids is 9. The standard InChI is InChI=1S/C87H98Cl4N14O27/c1-38(2)26-52(93-5)78(117)101-69-71(112)42-9-13-56(50(90)29-42)128-58-31-44-32-59(75(58)132-85-76(74(115)73(114)60(37-106)130-85)131-64-36-87(4,77(116)39(3)127-64)94-17-19-105-18-16-62(97-86(105)124)96-63(111)15-7-40-6-11-48(88)49(89)27-40)129-57-14-10-43(30-51(57)91)72(113)70-83(122)100-68(84(123)103-126-25-22-104-20-23-125-24-21-104)47-33-45(107)34-55(109)65(47)46-28-41(8-12-54(46)108)66(80(119)102-70)99-81(120)67(44)98-79(118)53(35-61(92)110)95-82(69)121/h6-16,18,27-34,38-39,52-53,60,64,66-74,76-77,85,93-94,106-109,112-116H,17,19-26,35-37H2,1-5H3,(H2,92,110)(H,95,121)(H,98,118)(H,99,120)(H,100,122)(H,101,117)(H,102,119)(H,103,123)(H,96,97,111,124)/b15-7+/t39-,52+,53-,60+,64-,66+,67+,68+,69+,70-,71+,72+,73+,74-,76+,77+,85-,87-/m0/s1. The summed E-state index contributed by atoms with van der Waals surface area (Å²) in [6.45, 7) is 7.61. The zero-order valence-corrected chi connectivity index (χ0v) is 74.3. The number of morpholine rings is 1. The molecule has 8 aliphatic rings. The molecule has 132 heavy (non-hydrogen) atoms. The molecule has 0 aliphatic carbocycles. The van der Waals surface area contributed by atoms with Gasteiger partial charge < -0.3 is 133 Å². The van der Waals surface area contributed by atoms with E-state index in [4.69, 9.17) is 90.1 Å². The lowest BCUT2D eigenvalue weighted by Gasteiger charge is -2.48. The number of nitrogens with zero attached hydrogens (tertiary/aromatic N) is 3. The van der Waals surface area contributed by atoms with Crippen LogP contribution in [0, 0.1) is 5.92 Å². The molecule has 1 aromatic heterocycles. The number of primary amides is 1. The number of nitrogens with one attached hydrogen (secondary N) is 10. The molecule has 0 radical (unpaired) electrons. The monoisotopic (exact) mass is 1910 g/mol. The van der Waals surface area contributed by atoms with E-state index in [1.54, 1.807) is 25.1 Å². The Balaban J connectivity index is 0.928. The van der Waals surface area contributed by atoms with Crippen LogP contribution in [0.4, 0.5) is 5.82 Å². The van der Waals surface area contributed by atoms with Crippen LogP contribution in [0.25, 0.3) is 17.2 Å². The lowest BCUT2D eigenvalue weighted by molar-refractivity contribution is -0.334. The topological polar surface area (TPSA) is 594 Å². The third-order valence-corrected chi connectivity index (χ3v) is 24.2. The van der Waals surface area contributed by atoms with Crippen molar-refractivity contribution < 1.29 is 127 Å². The van der Waals surface area contributed by atoms with Crippen molar-refractivity contribution in [3.05, 3.63) is 179 Å². The smallest absolute Gasteiger partial charge is 0.349 e. The molecule has 0 spiro atoms. The van der Waals surface area contributed by atoms with Crippen molar-refractivity contribution in [3.63, 3.8) is 0 Å². The Morgan fingerprint density at radius 1 is 0.705 bits per heavy atom. The second-order valence-electron chi connectivity index (χ2n) is 32.8. The third-order valence-electron chi connectivity index (χ3n) is 22.9. The number of aromatic nitrogens is 2. The molecule has 15 rings (SSSR count). The summed E-state index contributed by atoms with van der Waals surface area (Å²) in [5.41, 5.74) is 3.80. The van der Waals surface area contributed by atoms with Crippen molar-refractivity contribution in [3.8, 4) is 57.1 Å². The van der Waals surface area contributed by atoms with Crippen LogP contribution in [0.15, 0.2) is 120 Å². The van der Waals surface area contributed by atoms with Crippen molar-refractivity contribution in [2.75, 3.05) is 65.0 Å². The highest BCUT2D eigenvalue weighted by atomic mass is 35.5. The van der Waals surface area contributed by atoms with Gasteiger partial charge in [0, 0.05) is 74.1 Å². The van der Waals surface area contributed by atoms with E-state index in [2.05, 4.69) is 58.3 Å². The van der Waals surface area contributed by atoms with Crippen LogP contribution in [0.1, 0.15) is 111 Å². The number of ether oxygens (including phenoxy) is 7. The highest BCUT2D eigenvalue weighted by molar-refractivity contribution is 6.42. The molecule has 41 nitrogen and oxygen atoms in total. The number of phenolic OH excluding ortho intramolecular Hbond substituents is 3. The molecule has 21 N–H and O–H groups in total. The molecule has 3 fully saturated rings. The highest BCUT2D eigenvalue weighted by Crippen LogP contribution is 2.50. The van der Waals surface area contributed by atoms with Gasteiger partial charge in [0.05, 0.1) is 71.2 Å². The van der Waals surface area contributed by atoms with Gasteiger partial charge in [0.25, 0.3) is 5.91 Å². The maximum Gasteiger partial charge on any atom is 0.349 e. The van der Waals surface area contributed by atoms with E-state index in [9.17, 15) is 69.9 Å². The summed E-state index contributed by atoms with van der Waals surface area (Å²) >= 11 is 26.6. The highest BCUT2D eigenvalue weighted by Gasteiger charge is 2.52. The average Bonchev–Trinajstić information content (AvgIpc) is 0.762. The minimum Gasteiger partial charge on any atom is -0.508 e. The quantitative estimate of drug-likeness (QED) is 0.0234. The van der Waals surface area contributed by atoms with E-state index < -0.39 is 254 Å². The minimum atomic E-state index is -2.40.